The Kier molecular flexibility index (Phi) is 4.30. The van der Waals surface area contributed by atoms with Crippen LogP contribution in [0.25, 0.3) is 0 Å². The zero-order valence-corrected chi connectivity index (χ0v) is 8.96. The van der Waals surface area contributed by atoms with Crippen molar-refractivity contribution < 1.29 is 5.11 Å². The fourth-order valence-electron chi connectivity index (χ4n) is 1.88. The van der Waals surface area contributed by atoms with Crippen LogP contribution in [-0.4, -0.2) is 16.0 Å². The third-order valence-corrected chi connectivity index (χ3v) is 3.43. The van der Waals surface area contributed by atoms with Crippen molar-refractivity contribution in [3.05, 3.63) is 12.7 Å². The molecule has 1 aliphatic rings. The summed E-state index contributed by atoms with van der Waals surface area (Å²) in [4.78, 5) is 0.621. The molecule has 70 valence electrons. The SMILES string of the molecule is C=CCC(O)C1CCCC(Br)C1. The third-order valence-electron chi connectivity index (χ3n) is 2.60. The highest BCUT2D eigenvalue weighted by Gasteiger charge is 2.24. The number of rotatable bonds is 3. The lowest BCUT2D eigenvalue weighted by atomic mass is 9.84. The van der Waals surface area contributed by atoms with Crippen molar-refractivity contribution in [3.8, 4) is 0 Å². The highest BCUT2D eigenvalue weighted by Crippen LogP contribution is 2.31. The average molecular weight is 233 g/mol. The molecule has 1 aliphatic carbocycles. The summed E-state index contributed by atoms with van der Waals surface area (Å²) in [5.41, 5.74) is 0. The molecule has 1 fully saturated rings. The molecule has 3 unspecified atom stereocenters. The van der Waals surface area contributed by atoms with E-state index in [4.69, 9.17) is 0 Å². The Morgan fingerprint density at radius 2 is 2.33 bits per heavy atom. The van der Waals surface area contributed by atoms with Gasteiger partial charge in [-0.15, -0.1) is 6.58 Å². The molecular formula is C10H17BrO. The third kappa shape index (κ3) is 2.91. The predicted molar refractivity (Wildman–Crippen MR) is 55.5 cm³/mol. The number of aliphatic hydroxyl groups excluding tert-OH is 1. The van der Waals surface area contributed by atoms with Gasteiger partial charge in [0.15, 0.2) is 0 Å². The van der Waals surface area contributed by atoms with Gasteiger partial charge in [0.2, 0.25) is 0 Å². The van der Waals surface area contributed by atoms with Crippen molar-refractivity contribution in [2.24, 2.45) is 5.92 Å². The number of alkyl halides is 1. The van der Waals surface area contributed by atoms with E-state index < -0.39 is 0 Å². The van der Waals surface area contributed by atoms with Crippen LogP contribution in [0.15, 0.2) is 12.7 Å². The molecule has 1 rings (SSSR count). The molecule has 0 aromatic carbocycles. The molecular weight excluding hydrogens is 216 g/mol. The Morgan fingerprint density at radius 3 is 2.92 bits per heavy atom. The van der Waals surface area contributed by atoms with E-state index in [0.29, 0.717) is 10.7 Å². The maximum absolute atomic E-state index is 9.70. The summed E-state index contributed by atoms with van der Waals surface area (Å²) in [6.45, 7) is 3.64. The maximum Gasteiger partial charge on any atom is 0.0603 e. The van der Waals surface area contributed by atoms with Gasteiger partial charge in [-0.2, -0.15) is 0 Å². The first-order chi connectivity index (χ1) is 5.74. The van der Waals surface area contributed by atoms with Gasteiger partial charge in [0.1, 0.15) is 0 Å². The van der Waals surface area contributed by atoms with Gasteiger partial charge in [-0.05, 0) is 31.6 Å². The first-order valence-corrected chi connectivity index (χ1v) is 5.58. The second kappa shape index (κ2) is 5.03. The minimum atomic E-state index is -0.164. The normalized spacial score (nSPS) is 32.8. The van der Waals surface area contributed by atoms with Gasteiger partial charge < -0.3 is 5.11 Å². The molecule has 0 radical (unpaired) electrons. The van der Waals surface area contributed by atoms with E-state index in [-0.39, 0.29) is 6.10 Å². The van der Waals surface area contributed by atoms with E-state index in [2.05, 4.69) is 22.5 Å². The van der Waals surface area contributed by atoms with Gasteiger partial charge in [-0.3, -0.25) is 0 Å². The Labute approximate surface area is 83.0 Å². The summed E-state index contributed by atoms with van der Waals surface area (Å²) >= 11 is 3.61. The van der Waals surface area contributed by atoms with E-state index in [1.165, 1.54) is 19.3 Å². The van der Waals surface area contributed by atoms with Gasteiger partial charge in [-0.25, -0.2) is 0 Å². The van der Waals surface area contributed by atoms with Crippen molar-refractivity contribution >= 4 is 15.9 Å². The quantitative estimate of drug-likeness (QED) is 0.587. The summed E-state index contributed by atoms with van der Waals surface area (Å²) in [6.07, 6.45) is 7.19. The summed E-state index contributed by atoms with van der Waals surface area (Å²) in [5, 5.41) is 9.70. The number of hydrogen-bond donors (Lipinski definition) is 1. The summed E-state index contributed by atoms with van der Waals surface area (Å²) in [5.74, 6) is 0.487. The molecule has 1 N–H and O–H groups in total. The van der Waals surface area contributed by atoms with Gasteiger partial charge in [0.05, 0.1) is 6.10 Å². The fraction of sp³-hybridized carbons (Fsp3) is 0.800. The molecule has 0 saturated heterocycles. The van der Waals surface area contributed by atoms with Crippen LogP contribution in [0.2, 0.25) is 0 Å². The molecule has 12 heavy (non-hydrogen) atoms. The van der Waals surface area contributed by atoms with Crippen LogP contribution in [0.1, 0.15) is 32.1 Å². The van der Waals surface area contributed by atoms with Crippen LogP contribution in [0.4, 0.5) is 0 Å². The highest BCUT2D eigenvalue weighted by atomic mass is 79.9. The molecule has 0 aromatic rings. The monoisotopic (exact) mass is 232 g/mol. The van der Waals surface area contributed by atoms with Crippen LogP contribution in [0, 0.1) is 5.92 Å². The molecule has 2 heteroatoms. The molecule has 0 spiro atoms. The predicted octanol–water partition coefficient (Wildman–Crippen LogP) is 2.88. The molecule has 0 heterocycles. The number of halogens is 1. The molecule has 1 nitrogen and oxygen atoms in total. The lowest BCUT2D eigenvalue weighted by Gasteiger charge is -2.28. The van der Waals surface area contributed by atoms with E-state index in [1.807, 2.05) is 6.08 Å². The van der Waals surface area contributed by atoms with Crippen molar-refractivity contribution in [1.82, 2.24) is 0 Å². The number of hydrogen-bond acceptors (Lipinski definition) is 1. The summed E-state index contributed by atoms with van der Waals surface area (Å²) in [6, 6.07) is 0. The first kappa shape index (κ1) is 10.3. The van der Waals surface area contributed by atoms with E-state index in [0.717, 1.165) is 12.8 Å². The smallest absolute Gasteiger partial charge is 0.0603 e. The second-order valence-electron chi connectivity index (χ2n) is 3.62. The minimum absolute atomic E-state index is 0.164. The Balaban J connectivity index is 2.34. The zero-order valence-electron chi connectivity index (χ0n) is 7.38. The van der Waals surface area contributed by atoms with Gasteiger partial charge in [0, 0.05) is 4.83 Å². The summed E-state index contributed by atoms with van der Waals surface area (Å²) < 4.78 is 0. The molecule has 0 amide bonds. The lowest BCUT2D eigenvalue weighted by molar-refractivity contribution is 0.0894. The summed E-state index contributed by atoms with van der Waals surface area (Å²) in [7, 11) is 0. The van der Waals surface area contributed by atoms with Crippen molar-refractivity contribution in [3.63, 3.8) is 0 Å². The minimum Gasteiger partial charge on any atom is -0.393 e. The van der Waals surface area contributed by atoms with Crippen molar-refractivity contribution in [2.75, 3.05) is 0 Å². The fourth-order valence-corrected chi connectivity index (χ4v) is 2.68. The first-order valence-electron chi connectivity index (χ1n) is 4.67. The molecule has 1 saturated carbocycles. The Hall–Kier alpha value is 0.180. The van der Waals surface area contributed by atoms with Crippen LogP contribution < -0.4 is 0 Å². The van der Waals surface area contributed by atoms with E-state index in [1.54, 1.807) is 0 Å². The topological polar surface area (TPSA) is 20.2 Å². The molecule has 0 bridgehead atoms. The molecule has 0 aliphatic heterocycles. The standard InChI is InChI=1S/C10H17BrO/c1-2-4-10(12)8-5-3-6-9(11)7-8/h2,8-10,12H,1,3-7H2. The van der Waals surface area contributed by atoms with Gasteiger partial charge in [0.25, 0.3) is 0 Å². The highest BCUT2D eigenvalue weighted by molar-refractivity contribution is 9.09. The average Bonchev–Trinajstić information content (AvgIpc) is 2.05. The largest absolute Gasteiger partial charge is 0.393 e. The van der Waals surface area contributed by atoms with Crippen LogP contribution >= 0.6 is 15.9 Å². The Bertz CT molecular complexity index is 147. The molecule has 0 aromatic heterocycles. The van der Waals surface area contributed by atoms with Crippen molar-refractivity contribution in [2.45, 2.75) is 43.0 Å². The lowest BCUT2D eigenvalue weighted by Crippen LogP contribution is -2.26. The van der Waals surface area contributed by atoms with Crippen LogP contribution in [-0.2, 0) is 0 Å². The second-order valence-corrected chi connectivity index (χ2v) is 4.91. The van der Waals surface area contributed by atoms with Crippen molar-refractivity contribution in [1.29, 1.82) is 0 Å². The maximum atomic E-state index is 9.70. The van der Waals surface area contributed by atoms with Gasteiger partial charge >= 0.3 is 0 Å². The van der Waals surface area contributed by atoms with Crippen LogP contribution in [0.5, 0.6) is 0 Å². The Morgan fingerprint density at radius 1 is 1.58 bits per heavy atom. The van der Waals surface area contributed by atoms with E-state index in [9.17, 15) is 5.11 Å². The van der Waals surface area contributed by atoms with Crippen LogP contribution in [0.3, 0.4) is 0 Å². The van der Waals surface area contributed by atoms with Gasteiger partial charge in [-0.1, -0.05) is 28.4 Å². The zero-order chi connectivity index (χ0) is 8.97. The molecule has 3 atom stereocenters. The van der Waals surface area contributed by atoms with E-state index >= 15 is 0 Å². The number of aliphatic hydroxyl groups is 1.